The molecule has 1 spiro atoms. The van der Waals surface area contributed by atoms with Gasteiger partial charge < -0.3 is 25.4 Å². The number of nitrogens with zero attached hydrogens (tertiary/aromatic N) is 1. The number of aliphatic hydroxyl groups is 1. The largest absolute Gasteiger partial charge is 0.394 e. The number of benzene rings is 1. The number of hydrogen-bond donors (Lipinski definition) is 3. The third kappa shape index (κ3) is 4.27. The summed E-state index contributed by atoms with van der Waals surface area (Å²) < 4.78 is 6.53. The quantitative estimate of drug-likeness (QED) is 0.400. The number of halogens is 1. The minimum atomic E-state index is -1.15. The lowest BCUT2D eigenvalue weighted by molar-refractivity contribution is -0.145. The maximum atomic E-state index is 14.1. The van der Waals surface area contributed by atoms with Crippen molar-refractivity contribution in [2.45, 2.75) is 82.5 Å². The van der Waals surface area contributed by atoms with Crippen molar-refractivity contribution < 1.29 is 24.2 Å². The highest BCUT2D eigenvalue weighted by atomic mass is 79.9. The highest BCUT2D eigenvalue weighted by Gasteiger charge is 2.77. The van der Waals surface area contributed by atoms with Gasteiger partial charge >= 0.3 is 0 Å². The van der Waals surface area contributed by atoms with Crippen LogP contribution in [0.15, 0.2) is 18.2 Å². The summed E-state index contributed by atoms with van der Waals surface area (Å²) in [7, 11) is 0. The number of aliphatic hydroxyl groups excluding tert-OH is 1. The smallest absolute Gasteiger partial charge is 0.250 e. The minimum Gasteiger partial charge on any atom is -0.394 e. The Kier molecular flexibility index (Phi) is 7.84. The monoisotopic (exact) mass is 563 g/mol. The number of likely N-dealkylation sites (tertiary alicyclic amines) is 1. The van der Waals surface area contributed by atoms with Gasteiger partial charge in [0.2, 0.25) is 17.7 Å². The van der Waals surface area contributed by atoms with Crippen LogP contribution in [0, 0.1) is 31.6 Å². The Morgan fingerprint density at radius 2 is 2.00 bits per heavy atom. The highest BCUT2D eigenvalue weighted by molar-refractivity contribution is 9.09. The Balaban J connectivity index is 1.79. The van der Waals surface area contributed by atoms with Gasteiger partial charge in [0, 0.05) is 17.1 Å². The van der Waals surface area contributed by atoms with Crippen molar-refractivity contribution in [1.29, 1.82) is 0 Å². The van der Waals surface area contributed by atoms with Crippen LogP contribution in [0.5, 0.6) is 0 Å². The highest BCUT2D eigenvalue weighted by Crippen LogP contribution is 2.60. The first kappa shape index (κ1) is 27.1. The maximum Gasteiger partial charge on any atom is 0.250 e. The van der Waals surface area contributed by atoms with Gasteiger partial charge in [-0.15, -0.1) is 0 Å². The number of anilines is 1. The van der Waals surface area contributed by atoms with E-state index in [4.69, 9.17) is 4.74 Å². The SMILES string of the molecule is CCCNC(=O)[C@H]1[C@H]2C(=O)N([C@@H](CO)[C@@H](C)CC)C(C(=O)Nc3cc(C)ccc3C)C23CC(Br)[C@@H]1O3. The molecular formula is C27H38BrN3O5. The molecule has 1 aromatic carbocycles. The van der Waals surface area contributed by atoms with Gasteiger partial charge in [-0.25, -0.2) is 0 Å². The summed E-state index contributed by atoms with van der Waals surface area (Å²) in [4.78, 5) is 42.9. The molecular weight excluding hydrogens is 526 g/mol. The minimum absolute atomic E-state index is 0.0467. The molecule has 9 heteroatoms. The molecule has 3 aliphatic rings. The predicted octanol–water partition coefficient (Wildman–Crippen LogP) is 2.92. The van der Waals surface area contributed by atoms with Crippen LogP contribution >= 0.6 is 15.9 Å². The van der Waals surface area contributed by atoms with E-state index in [0.717, 1.165) is 24.0 Å². The Morgan fingerprint density at radius 1 is 1.28 bits per heavy atom. The fraction of sp³-hybridized carbons (Fsp3) is 0.667. The standard InChI is InChI=1S/C27H38BrN3O5/c1-6-10-29-24(33)20-21-26(35)31(19(13-32)15(4)7-2)23(27(21)12-17(28)22(20)36-27)25(34)30-18-11-14(3)8-9-16(18)5/h8-9,11,15,17,19-23,32H,6-7,10,12-13H2,1-5H3,(H,29,33)(H,30,34)/t15-,17?,19-,20-,21-,22-,23?,27?/m0/s1. The Labute approximate surface area is 221 Å². The molecule has 3 amide bonds. The van der Waals surface area contributed by atoms with Crippen molar-refractivity contribution in [3.05, 3.63) is 29.3 Å². The van der Waals surface area contributed by atoms with Gasteiger partial charge in [0.1, 0.15) is 11.6 Å². The second-order valence-electron chi connectivity index (χ2n) is 10.6. The normalized spacial score (nSPS) is 32.4. The summed E-state index contributed by atoms with van der Waals surface area (Å²) in [6.07, 6.45) is 1.44. The topological polar surface area (TPSA) is 108 Å². The molecule has 3 N–H and O–H groups in total. The fourth-order valence-electron chi connectivity index (χ4n) is 6.28. The third-order valence-electron chi connectivity index (χ3n) is 8.32. The first-order valence-electron chi connectivity index (χ1n) is 13.0. The molecule has 2 bridgehead atoms. The number of hydrogen-bond acceptors (Lipinski definition) is 5. The van der Waals surface area contributed by atoms with Crippen LogP contribution in [-0.4, -0.2) is 69.5 Å². The maximum absolute atomic E-state index is 14.1. The predicted molar refractivity (Wildman–Crippen MR) is 141 cm³/mol. The number of amides is 3. The van der Waals surface area contributed by atoms with E-state index in [-0.39, 0.29) is 35.1 Å². The molecule has 198 valence electrons. The molecule has 3 aliphatic heterocycles. The number of fused-ring (bicyclic) bond motifs is 1. The number of rotatable bonds is 9. The zero-order chi connectivity index (χ0) is 26.4. The van der Waals surface area contributed by atoms with Crippen molar-refractivity contribution in [2.75, 3.05) is 18.5 Å². The number of aryl methyl sites for hydroxylation is 2. The van der Waals surface area contributed by atoms with Gasteiger partial charge in [-0.2, -0.15) is 0 Å². The van der Waals surface area contributed by atoms with Crippen molar-refractivity contribution in [3.63, 3.8) is 0 Å². The van der Waals surface area contributed by atoms with Gasteiger partial charge in [-0.05, 0) is 49.8 Å². The van der Waals surface area contributed by atoms with Crippen LogP contribution in [0.2, 0.25) is 0 Å². The molecule has 3 unspecified atom stereocenters. The first-order chi connectivity index (χ1) is 17.1. The zero-order valence-electron chi connectivity index (χ0n) is 21.7. The van der Waals surface area contributed by atoms with Crippen LogP contribution in [0.3, 0.4) is 0 Å². The zero-order valence-corrected chi connectivity index (χ0v) is 23.3. The number of carbonyl (C=O) groups excluding carboxylic acids is 3. The lowest BCUT2D eigenvalue weighted by Gasteiger charge is -2.38. The number of nitrogens with one attached hydrogen (secondary N) is 2. The molecule has 1 aromatic rings. The average molecular weight is 565 g/mol. The Hall–Kier alpha value is -1.97. The summed E-state index contributed by atoms with van der Waals surface area (Å²) in [5.41, 5.74) is 1.44. The first-order valence-corrected chi connectivity index (χ1v) is 13.9. The molecule has 0 saturated carbocycles. The Morgan fingerprint density at radius 3 is 2.64 bits per heavy atom. The molecule has 0 aliphatic carbocycles. The van der Waals surface area contributed by atoms with Gasteiger partial charge in [0.15, 0.2) is 0 Å². The lowest BCUT2D eigenvalue weighted by Crippen LogP contribution is -2.57. The Bertz CT molecular complexity index is 1030. The molecule has 4 rings (SSSR count). The van der Waals surface area contributed by atoms with E-state index in [1.165, 1.54) is 0 Å². The second-order valence-corrected chi connectivity index (χ2v) is 11.8. The third-order valence-corrected chi connectivity index (χ3v) is 9.17. The summed E-state index contributed by atoms with van der Waals surface area (Å²) in [5.74, 6) is -2.37. The summed E-state index contributed by atoms with van der Waals surface area (Å²) in [6.45, 7) is 10.0. The van der Waals surface area contributed by atoms with E-state index in [1.54, 1.807) is 4.90 Å². The van der Waals surface area contributed by atoms with E-state index in [9.17, 15) is 19.5 Å². The van der Waals surface area contributed by atoms with Gasteiger partial charge in [-0.1, -0.05) is 55.3 Å². The van der Waals surface area contributed by atoms with Crippen LogP contribution in [0.1, 0.15) is 51.2 Å². The number of carbonyl (C=O) groups is 3. The van der Waals surface area contributed by atoms with Gasteiger partial charge in [0.25, 0.3) is 0 Å². The van der Waals surface area contributed by atoms with Gasteiger partial charge in [0.05, 0.1) is 30.6 Å². The fourth-order valence-corrected chi connectivity index (χ4v) is 7.22. The molecule has 8 nitrogen and oxygen atoms in total. The van der Waals surface area contributed by atoms with Crippen LogP contribution in [-0.2, 0) is 19.1 Å². The van der Waals surface area contributed by atoms with Gasteiger partial charge in [-0.3, -0.25) is 14.4 Å². The molecule has 3 saturated heterocycles. The number of alkyl halides is 1. The van der Waals surface area contributed by atoms with Crippen molar-refractivity contribution in [3.8, 4) is 0 Å². The second kappa shape index (κ2) is 10.4. The molecule has 0 radical (unpaired) electrons. The average Bonchev–Trinajstić information content (AvgIpc) is 3.44. The van der Waals surface area contributed by atoms with Crippen LogP contribution in [0.4, 0.5) is 5.69 Å². The molecule has 0 aromatic heterocycles. The van der Waals surface area contributed by atoms with Crippen LogP contribution in [0.25, 0.3) is 0 Å². The number of ether oxygens (including phenoxy) is 1. The van der Waals surface area contributed by atoms with E-state index in [0.29, 0.717) is 18.7 Å². The van der Waals surface area contributed by atoms with Crippen molar-refractivity contribution in [1.82, 2.24) is 10.2 Å². The molecule has 3 fully saturated rings. The summed E-state index contributed by atoms with van der Waals surface area (Å²) >= 11 is 3.69. The van der Waals surface area contributed by atoms with E-state index < -0.39 is 35.6 Å². The molecule has 8 atom stereocenters. The molecule has 36 heavy (non-hydrogen) atoms. The van der Waals surface area contributed by atoms with Crippen molar-refractivity contribution in [2.24, 2.45) is 17.8 Å². The van der Waals surface area contributed by atoms with E-state index in [1.807, 2.05) is 52.8 Å². The van der Waals surface area contributed by atoms with E-state index in [2.05, 4.69) is 26.6 Å². The summed E-state index contributed by atoms with van der Waals surface area (Å²) in [5, 5.41) is 16.4. The van der Waals surface area contributed by atoms with Crippen LogP contribution < -0.4 is 10.6 Å². The molecule has 3 heterocycles. The summed E-state index contributed by atoms with van der Waals surface area (Å²) in [6, 6.07) is 4.30. The lowest BCUT2D eigenvalue weighted by atomic mass is 9.70. The van der Waals surface area contributed by atoms with E-state index >= 15 is 0 Å². The van der Waals surface area contributed by atoms with Crippen molar-refractivity contribution >= 4 is 39.3 Å².